The predicted molar refractivity (Wildman–Crippen MR) is 96.4 cm³/mol. The number of carbonyl (C=O) groups is 2. The van der Waals surface area contributed by atoms with Crippen LogP contribution in [0.4, 0.5) is 5.69 Å². The van der Waals surface area contributed by atoms with Crippen LogP contribution in [-0.4, -0.2) is 25.0 Å². The van der Waals surface area contributed by atoms with Crippen LogP contribution in [0.3, 0.4) is 0 Å². The molecular weight excluding hydrogens is 316 g/mol. The lowest BCUT2D eigenvalue weighted by atomic mass is 10.1. The zero-order valence-corrected chi connectivity index (χ0v) is 14.3. The number of hydrogen-bond acceptors (Lipinski definition) is 3. The van der Waals surface area contributed by atoms with Crippen molar-refractivity contribution in [3.8, 4) is 5.75 Å². The first kappa shape index (κ1) is 17.0. The topological polar surface area (TPSA) is 58.6 Å². The first-order valence-electron chi connectivity index (χ1n) is 8.55. The molecule has 5 nitrogen and oxygen atoms in total. The van der Waals surface area contributed by atoms with Gasteiger partial charge in [0.25, 0.3) is 0 Å². The Balaban J connectivity index is 1.62. The summed E-state index contributed by atoms with van der Waals surface area (Å²) in [4.78, 5) is 26.7. The number of hydrogen-bond donors (Lipinski definition) is 1. The summed E-state index contributed by atoms with van der Waals surface area (Å²) in [5, 5.41) is 2.88. The Bertz CT molecular complexity index is 746. The van der Waals surface area contributed by atoms with Crippen LogP contribution in [0.5, 0.6) is 5.75 Å². The van der Waals surface area contributed by atoms with Gasteiger partial charge in [-0.1, -0.05) is 36.4 Å². The summed E-state index contributed by atoms with van der Waals surface area (Å²) in [5.74, 6) is -0.232. The average Bonchev–Trinajstić information content (AvgIpc) is 3.03. The van der Waals surface area contributed by atoms with Crippen molar-refractivity contribution in [2.75, 3.05) is 18.1 Å². The first-order chi connectivity index (χ1) is 12.2. The molecular formula is C20H22N2O3. The van der Waals surface area contributed by atoms with E-state index in [1.165, 1.54) is 0 Å². The van der Waals surface area contributed by atoms with Gasteiger partial charge in [0, 0.05) is 24.3 Å². The van der Waals surface area contributed by atoms with Crippen molar-refractivity contribution in [1.82, 2.24) is 5.32 Å². The number of benzene rings is 2. The summed E-state index contributed by atoms with van der Waals surface area (Å²) >= 11 is 0. The number of anilines is 1. The zero-order chi connectivity index (χ0) is 17.6. The van der Waals surface area contributed by atoms with Crippen molar-refractivity contribution in [1.29, 1.82) is 0 Å². The van der Waals surface area contributed by atoms with Crippen LogP contribution in [0.15, 0.2) is 54.6 Å². The Labute approximate surface area is 147 Å². The molecule has 2 aromatic carbocycles. The Kier molecular flexibility index (Phi) is 5.33. The van der Waals surface area contributed by atoms with Crippen molar-refractivity contribution in [3.63, 3.8) is 0 Å². The molecule has 2 aromatic rings. The first-order valence-corrected chi connectivity index (χ1v) is 8.55. The fraction of sp³-hybridized carbons (Fsp3) is 0.300. The van der Waals surface area contributed by atoms with Crippen LogP contribution >= 0.6 is 0 Å². The van der Waals surface area contributed by atoms with Crippen LogP contribution in [0.25, 0.3) is 0 Å². The number of nitrogens with zero attached hydrogens (tertiary/aromatic N) is 1. The summed E-state index contributed by atoms with van der Waals surface area (Å²) in [5.41, 5.74) is 1.74. The van der Waals surface area contributed by atoms with Gasteiger partial charge >= 0.3 is 0 Å². The minimum Gasteiger partial charge on any atom is -0.494 e. The Hall–Kier alpha value is -2.82. The molecule has 25 heavy (non-hydrogen) atoms. The maximum Gasteiger partial charge on any atom is 0.239 e. The SMILES string of the molecule is CCOc1ccccc1CNC(=O)[C@H]1CCN(c2ccccc2)C1=O. The summed E-state index contributed by atoms with van der Waals surface area (Å²) < 4.78 is 5.56. The molecule has 0 saturated carbocycles. The highest BCUT2D eigenvalue weighted by Crippen LogP contribution is 2.25. The van der Waals surface area contributed by atoms with E-state index in [0.29, 0.717) is 26.1 Å². The maximum absolute atomic E-state index is 12.6. The Morgan fingerprint density at radius 2 is 1.88 bits per heavy atom. The standard InChI is InChI=1S/C20H22N2O3/c1-2-25-18-11-7-6-8-15(18)14-21-19(23)17-12-13-22(20(17)24)16-9-4-3-5-10-16/h3-11,17H,2,12-14H2,1H3,(H,21,23)/t17-/m1/s1. The van der Waals surface area contributed by atoms with E-state index in [-0.39, 0.29) is 11.8 Å². The molecule has 1 saturated heterocycles. The molecule has 1 aliphatic heterocycles. The lowest BCUT2D eigenvalue weighted by molar-refractivity contribution is -0.132. The molecule has 3 rings (SSSR count). The van der Waals surface area contributed by atoms with Crippen molar-refractivity contribution in [3.05, 3.63) is 60.2 Å². The monoisotopic (exact) mass is 338 g/mol. The van der Waals surface area contributed by atoms with Crippen LogP contribution < -0.4 is 15.0 Å². The highest BCUT2D eigenvalue weighted by Gasteiger charge is 2.37. The second-order valence-electron chi connectivity index (χ2n) is 5.93. The normalized spacial score (nSPS) is 16.8. The molecule has 1 aliphatic rings. The van der Waals surface area contributed by atoms with E-state index in [1.807, 2.05) is 61.5 Å². The molecule has 1 N–H and O–H groups in total. The molecule has 0 radical (unpaired) electrons. The summed E-state index contributed by atoms with van der Waals surface area (Å²) in [6, 6.07) is 17.1. The third-order valence-electron chi connectivity index (χ3n) is 4.32. The lowest BCUT2D eigenvalue weighted by Gasteiger charge is -2.17. The number of para-hydroxylation sites is 2. The van der Waals surface area contributed by atoms with Gasteiger partial charge in [-0.25, -0.2) is 0 Å². The van der Waals surface area contributed by atoms with E-state index >= 15 is 0 Å². The molecule has 0 aliphatic carbocycles. The highest BCUT2D eigenvalue weighted by molar-refractivity contribution is 6.09. The molecule has 0 bridgehead atoms. The van der Waals surface area contributed by atoms with Crippen molar-refractivity contribution in [2.45, 2.75) is 19.9 Å². The van der Waals surface area contributed by atoms with Crippen LogP contribution in [-0.2, 0) is 16.1 Å². The van der Waals surface area contributed by atoms with E-state index < -0.39 is 5.92 Å². The lowest BCUT2D eigenvalue weighted by Crippen LogP contribution is -2.36. The van der Waals surface area contributed by atoms with Gasteiger partial charge in [0.15, 0.2) is 0 Å². The van der Waals surface area contributed by atoms with Gasteiger partial charge in [0.2, 0.25) is 11.8 Å². The summed E-state index contributed by atoms with van der Waals surface area (Å²) in [6.45, 7) is 3.41. The smallest absolute Gasteiger partial charge is 0.239 e. The Morgan fingerprint density at radius 1 is 1.16 bits per heavy atom. The van der Waals surface area contributed by atoms with E-state index in [4.69, 9.17) is 4.74 Å². The minimum atomic E-state index is -0.625. The fourth-order valence-corrected chi connectivity index (χ4v) is 3.04. The van der Waals surface area contributed by atoms with E-state index in [1.54, 1.807) is 4.90 Å². The molecule has 5 heteroatoms. The number of ether oxygens (including phenoxy) is 1. The highest BCUT2D eigenvalue weighted by atomic mass is 16.5. The van der Waals surface area contributed by atoms with E-state index in [2.05, 4.69) is 5.32 Å². The van der Waals surface area contributed by atoms with Gasteiger partial charge in [-0.3, -0.25) is 9.59 Å². The van der Waals surface area contributed by atoms with Gasteiger partial charge in [0.1, 0.15) is 11.7 Å². The van der Waals surface area contributed by atoms with Gasteiger partial charge in [-0.15, -0.1) is 0 Å². The second-order valence-corrected chi connectivity index (χ2v) is 5.93. The molecule has 2 amide bonds. The van der Waals surface area contributed by atoms with E-state index in [9.17, 15) is 9.59 Å². The number of carbonyl (C=O) groups excluding carboxylic acids is 2. The summed E-state index contributed by atoms with van der Waals surface area (Å²) in [7, 11) is 0. The molecule has 0 aromatic heterocycles. The van der Waals surface area contributed by atoms with Crippen LogP contribution in [0.2, 0.25) is 0 Å². The number of rotatable bonds is 6. The van der Waals surface area contributed by atoms with Crippen LogP contribution in [0.1, 0.15) is 18.9 Å². The third-order valence-corrected chi connectivity index (χ3v) is 4.32. The quantitative estimate of drug-likeness (QED) is 0.824. The second kappa shape index (κ2) is 7.83. The molecule has 130 valence electrons. The average molecular weight is 338 g/mol. The summed E-state index contributed by atoms with van der Waals surface area (Å²) in [6.07, 6.45) is 0.534. The van der Waals surface area contributed by atoms with Crippen LogP contribution in [0, 0.1) is 5.92 Å². The molecule has 1 fully saturated rings. The third kappa shape index (κ3) is 3.82. The Morgan fingerprint density at radius 3 is 2.64 bits per heavy atom. The van der Waals surface area contributed by atoms with Gasteiger partial charge in [0.05, 0.1) is 6.61 Å². The van der Waals surface area contributed by atoms with Gasteiger partial charge < -0.3 is 15.0 Å². The van der Waals surface area contributed by atoms with Gasteiger partial charge in [-0.05, 0) is 31.5 Å². The van der Waals surface area contributed by atoms with Crippen molar-refractivity contribution < 1.29 is 14.3 Å². The fourth-order valence-electron chi connectivity index (χ4n) is 3.04. The van der Waals surface area contributed by atoms with E-state index in [0.717, 1.165) is 17.0 Å². The van der Waals surface area contributed by atoms with Crippen molar-refractivity contribution >= 4 is 17.5 Å². The molecule has 0 spiro atoms. The zero-order valence-electron chi connectivity index (χ0n) is 14.3. The largest absolute Gasteiger partial charge is 0.494 e. The predicted octanol–water partition coefficient (Wildman–Crippen LogP) is 2.75. The molecule has 1 heterocycles. The molecule has 0 unspecified atom stereocenters. The minimum absolute atomic E-state index is 0.137. The molecule has 1 atom stereocenters. The van der Waals surface area contributed by atoms with Gasteiger partial charge in [-0.2, -0.15) is 0 Å². The maximum atomic E-state index is 12.6. The van der Waals surface area contributed by atoms with Crippen molar-refractivity contribution in [2.24, 2.45) is 5.92 Å². The number of amides is 2. The number of nitrogens with one attached hydrogen (secondary N) is 1.